The fourth-order valence-corrected chi connectivity index (χ4v) is 4.10. The number of aromatic nitrogens is 3. The molecule has 2 aromatic carbocycles. The lowest BCUT2D eigenvalue weighted by Gasteiger charge is -2.23. The summed E-state index contributed by atoms with van der Waals surface area (Å²) in [4.78, 5) is 14.4. The molecule has 2 fully saturated rings. The van der Waals surface area contributed by atoms with Crippen molar-refractivity contribution >= 4 is 17.4 Å². The van der Waals surface area contributed by atoms with Crippen LogP contribution in [0.5, 0.6) is 0 Å². The van der Waals surface area contributed by atoms with Crippen LogP contribution in [0.3, 0.4) is 0 Å². The molecule has 5 rings (SSSR count). The maximum absolute atomic E-state index is 14.0. The van der Waals surface area contributed by atoms with Crippen LogP contribution < -0.4 is 15.5 Å². The van der Waals surface area contributed by atoms with Crippen molar-refractivity contribution in [2.45, 2.75) is 6.04 Å². The Bertz CT molecular complexity index is 1040. The van der Waals surface area contributed by atoms with Gasteiger partial charge < -0.3 is 15.5 Å². The molecule has 9 heteroatoms. The number of para-hydroxylation sites is 2. The number of hydrogen-bond acceptors (Lipinski definition) is 4. The zero-order chi connectivity index (χ0) is 20.0. The highest BCUT2D eigenvalue weighted by Crippen LogP contribution is 2.47. The quantitative estimate of drug-likeness (QED) is 0.711. The van der Waals surface area contributed by atoms with Gasteiger partial charge in [-0.1, -0.05) is 17.3 Å². The lowest BCUT2D eigenvalue weighted by Crippen LogP contribution is -2.37. The molecule has 1 saturated carbocycles. The maximum atomic E-state index is 14.0. The minimum absolute atomic E-state index is 0.0493. The van der Waals surface area contributed by atoms with Gasteiger partial charge in [0.05, 0.1) is 29.5 Å². The summed E-state index contributed by atoms with van der Waals surface area (Å²) in [7, 11) is 0. The molecular formula is C20H18F2N6O. The lowest BCUT2D eigenvalue weighted by molar-refractivity contribution is 0.250. The van der Waals surface area contributed by atoms with Crippen LogP contribution in [0, 0.1) is 23.5 Å². The highest BCUT2D eigenvalue weighted by atomic mass is 19.1. The SMILES string of the molecule is O=C(Nc1ccccc1-n1ccnn1)NC1C2CN(c3ccc(F)cc3F)CC21. The van der Waals surface area contributed by atoms with Crippen LogP contribution in [-0.2, 0) is 0 Å². The summed E-state index contributed by atoms with van der Waals surface area (Å²) in [5.74, 6) is -0.622. The number of hydrogen-bond donors (Lipinski definition) is 2. The zero-order valence-corrected chi connectivity index (χ0v) is 15.3. The zero-order valence-electron chi connectivity index (χ0n) is 15.3. The van der Waals surface area contributed by atoms with Gasteiger partial charge in [0.1, 0.15) is 11.6 Å². The minimum Gasteiger partial charge on any atom is -0.368 e. The van der Waals surface area contributed by atoms with Crippen LogP contribution in [0.1, 0.15) is 0 Å². The summed E-state index contributed by atoms with van der Waals surface area (Å²) in [6, 6.07) is 10.7. The van der Waals surface area contributed by atoms with Crippen LogP contribution in [0.2, 0.25) is 0 Å². The monoisotopic (exact) mass is 396 g/mol. The Labute approximate surface area is 165 Å². The molecule has 2 aliphatic rings. The first-order chi connectivity index (χ1) is 14.1. The number of halogens is 2. The van der Waals surface area contributed by atoms with E-state index in [-0.39, 0.29) is 23.9 Å². The Morgan fingerprint density at radius 2 is 1.86 bits per heavy atom. The van der Waals surface area contributed by atoms with Crippen molar-refractivity contribution in [2.24, 2.45) is 11.8 Å². The number of amides is 2. The molecule has 2 amide bonds. The third-order valence-corrected chi connectivity index (χ3v) is 5.56. The van der Waals surface area contributed by atoms with E-state index in [9.17, 15) is 13.6 Å². The first kappa shape index (κ1) is 17.6. The molecule has 3 aromatic rings. The highest BCUT2D eigenvalue weighted by molar-refractivity contribution is 5.92. The van der Waals surface area contributed by atoms with E-state index in [2.05, 4.69) is 20.9 Å². The van der Waals surface area contributed by atoms with Gasteiger partial charge in [-0.05, 0) is 24.3 Å². The standard InChI is InChI=1S/C20H18F2N6O/c21-12-5-6-17(15(22)9-12)27-10-13-14(11-27)19(13)25-20(29)24-16-3-1-2-4-18(16)28-8-7-23-26-28/h1-9,13-14,19H,10-11H2,(H2,24,25,29). The fourth-order valence-electron chi connectivity index (χ4n) is 4.10. The van der Waals surface area contributed by atoms with Crippen molar-refractivity contribution in [1.82, 2.24) is 20.3 Å². The molecule has 7 nitrogen and oxygen atoms in total. The Balaban J connectivity index is 1.20. The van der Waals surface area contributed by atoms with Gasteiger partial charge in [-0.2, -0.15) is 0 Å². The Kier molecular flexibility index (Phi) is 4.15. The van der Waals surface area contributed by atoms with Crippen LogP contribution in [0.25, 0.3) is 5.69 Å². The molecule has 148 valence electrons. The number of nitrogens with zero attached hydrogens (tertiary/aromatic N) is 4. The number of rotatable bonds is 4. The number of fused-ring (bicyclic) bond motifs is 1. The molecule has 1 aliphatic carbocycles. The number of urea groups is 1. The molecule has 2 atom stereocenters. The fraction of sp³-hybridized carbons (Fsp3) is 0.250. The Morgan fingerprint density at radius 3 is 2.59 bits per heavy atom. The topological polar surface area (TPSA) is 75.1 Å². The number of nitrogens with one attached hydrogen (secondary N) is 2. The van der Waals surface area contributed by atoms with Gasteiger partial charge in [0.2, 0.25) is 0 Å². The minimum atomic E-state index is -0.585. The average Bonchev–Trinajstić information content (AvgIpc) is 3.13. The number of carbonyl (C=O) groups is 1. The average molecular weight is 396 g/mol. The van der Waals surface area contributed by atoms with E-state index in [0.29, 0.717) is 30.2 Å². The summed E-state index contributed by atoms with van der Waals surface area (Å²) in [5.41, 5.74) is 1.74. The molecular weight excluding hydrogens is 378 g/mol. The van der Waals surface area contributed by atoms with Crippen LogP contribution in [0.15, 0.2) is 54.9 Å². The first-order valence-corrected chi connectivity index (χ1v) is 9.33. The second-order valence-corrected chi connectivity index (χ2v) is 7.32. The molecule has 2 N–H and O–H groups in total. The Morgan fingerprint density at radius 1 is 1.07 bits per heavy atom. The van der Waals surface area contributed by atoms with E-state index in [0.717, 1.165) is 6.07 Å². The molecule has 1 saturated heterocycles. The van der Waals surface area contributed by atoms with E-state index < -0.39 is 11.6 Å². The van der Waals surface area contributed by atoms with Crippen molar-refractivity contribution in [1.29, 1.82) is 0 Å². The van der Waals surface area contributed by atoms with Gasteiger partial charge in [0.25, 0.3) is 0 Å². The molecule has 0 spiro atoms. The van der Waals surface area contributed by atoms with E-state index >= 15 is 0 Å². The largest absolute Gasteiger partial charge is 0.368 e. The number of piperidine rings is 1. The van der Waals surface area contributed by atoms with Crippen LogP contribution in [0.4, 0.5) is 25.0 Å². The molecule has 0 radical (unpaired) electrons. The van der Waals surface area contributed by atoms with Crippen LogP contribution in [-0.4, -0.2) is 40.2 Å². The molecule has 2 unspecified atom stereocenters. The first-order valence-electron chi connectivity index (χ1n) is 9.33. The van der Waals surface area contributed by atoms with E-state index in [1.54, 1.807) is 23.1 Å². The van der Waals surface area contributed by atoms with E-state index in [1.165, 1.54) is 12.1 Å². The summed E-state index contributed by atoms with van der Waals surface area (Å²) in [6.45, 7) is 1.27. The second kappa shape index (κ2) is 6.84. The lowest BCUT2D eigenvalue weighted by atomic mass is 10.2. The number of anilines is 2. The summed E-state index contributed by atoms with van der Waals surface area (Å²) < 4.78 is 28.7. The third kappa shape index (κ3) is 3.28. The predicted molar refractivity (Wildman–Crippen MR) is 103 cm³/mol. The van der Waals surface area contributed by atoms with Crippen molar-refractivity contribution in [2.75, 3.05) is 23.3 Å². The predicted octanol–water partition coefficient (Wildman–Crippen LogP) is 2.80. The van der Waals surface area contributed by atoms with Crippen molar-refractivity contribution < 1.29 is 13.6 Å². The normalized spacial score (nSPS) is 22.3. The molecule has 1 aromatic heterocycles. The molecule has 0 bridgehead atoms. The third-order valence-electron chi connectivity index (χ3n) is 5.56. The van der Waals surface area contributed by atoms with Crippen LogP contribution >= 0.6 is 0 Å². The van der Waals surface area contributed by atoms with Gasteiger partial charge in [-0.3, -0.25) is 0 Å². The van der Waals surface area contributed by atoms with E-state index in [4.69, 9.17) is 0 Å². The highest BCUT2D eigenvalue weighted by Gasteiger charge is 2.56. The maximum Gasteiger partial charge on any atom is 0.319 e. The summed E-state index contributed by atoms with van der Waals surface area (Å²) in [6.07, 6.45) is 3.27. The van der Waals surface area contributed by atoms with Crippen molar-refractivity contribution in [3.63, 3.8) is 0 Å². The van der Waals surface area contributed by atoms with Gasteiger partial charge >= 0.3 is 6.03 Å². The number of carbonyl (C=O) groups excluding carboxylic acids is 1. The molecule has 2 heterocycles. The molecule has 29 heavy (non-hydrogen) atoms. The summed E-state index contributed by atoms with van der Waals surface area (Å²) >= 11 is 0. The number of benzene rings is 2. The summed E-state index contributed by atoms with van der Waals surface area (Å²) in [5, 5.41) is 13.6. The smallest absolute Gasteiger partial charge is 0.319 e. The van der Waals surface area contributed by atoms with Gasteiger partial charge in [-0.15, -0.1) is 5.10 Å². The van der Waals surface area contributed by atoms with Crippen molar-refractivity contribution in [3.8, 4) is 5.69 Å². The van der Waals surface area contributed by atoms with Gasteiger partial charge in [0.15, 0.2) is 0 Å². The Hall–Kier alpha value is -3.49. The van der Waals surface area contributed by atoms with Crippen molar-refractivity contribution in [3.05, 3.63) is 66.5 Å². The van der Waals surface area contributed by atoms with Gasteiger partial charge in [0, 0.05) is 37.0 Å². The van der Waals surface area contributed by atoms with E-state index in [1.807, 2.05) is 23.1 Å². The second-order valence-electron chi connectivity index (χ2n) is 7.32. The molecule has 1 aliphatic heterocycles. The van der Waals surface area contributed by atoms with Gasteiger partial charge in [-0.25, -0.2) is 18.3 Å².